The molecule has 0 saturated carbocycles. The van der Waals surface area contributed by atoms with Gasteiger partial charge in [-0.1, -0.05) is 6.07 Å². The van der Waals surface area contributed by atoms with Crippen LogP contribution in [0.4, 0.5) is 8.78 Å². The van der Waals surface area contributed by atoms with Crippen molar-refractivity contribution in [1.82, 2.24) is 14.5 Å². The molecule has 4 rings (SSSR count). The number of carbonyl (C=O) groups is 2. The van der Waals surface area contributed by atoms with Crippen molar-refractivity contribution in [2.75, 3.05) is 6.61 Å². The van der Waals surface area contributed by atoms with Crippen LogP contribution in [0.25, 0.3) is 0 Å². The Balaban J connectivity index is 1.70. The number of benzene rings is 1. The third-order valence-corrected chi connectivity index (χ3v) is 5.58. The van der Waals surface area contributed by atoms with E-state index in [1.165, 1.54) is 9.47 Å². The van der Waals surface area contributed by atoms with Gasteiger partial charge < -0.3 is 19.3 Å². The molecule has 2 amide bonds. The Labute approximate surface area is 179 Å². The van der Waals surface area contributed by atoms with Gasteiger partial charge in [0.25, 0.3) is 11.8 Å². The van der Waals surface area contributed by atoms with E-state index < -0.39 is 53.0 Å². The minimum absolute atomic E-state index is 0.0423. The molecule has 1 aromatic heterocycles. The van der Waals surface area contributed by atoms with Crippen LogP contribution in [-0.4, -0.2) is 50.3 Å². The van der Waals surface area contributed by atoms with Gasteiger partial charge in [-0.2, -0.15) is 5.01 Å². The van der Waals surface area contributed by atoms with Crippen LogP contribution in [0.1, 0.15) is 39.8 Å². The summed E-state index contributed by atoms with van der Waals surface area (Å²) in [6.45, 7) is 1.60. The van der Waals surface area contributed by atoms with Crippen molar-refractivity contribution in [3.63, 3.8) is 0 Å². The van der Waals surface area contributed by atoms with Crippen LogP contribution < -0.4 is 5.43 Å². The number of nitroso groups, excluding NO2 is 1. The maximum atomic E-state index is 13.9. The molecule has 1 aromatic carbocycles. The van der Waals surface area contributed by atoms with Crippen molar-refractivity contribution in [1.29, 1.82) is 0 Å². The Kier molecular flexibility index (Phi) is 5.46. The van der Waals surface area contributed by atoms with E-state index in [-0.39, 0.29) is 28.9 Å². The molecule has 1 N–H and O–H groups in total. The van der Waals surface area contributed by atoms with Crippen molar-refractivity contribution < 1.29 is 28.2 Å². The smallest absolute Gasteiger partial charge is 0.282 e. The Bertz CT molecular complexity index is 1180. The maximum absolute atomic E-state index is 13.9. The van der Waals surface area contributed by atoms with E-state index in [1.54, 1.807) is 0 Å². The molecular formula is C20H18F2N4O6. The highest BCUT2D eigenvalue weighted by Gasteiger charge is 2.41. The van der Waals surface area contributed by atoms with Crippen molar-refractivity contribution in [2.45, 2.75) is 38.7 Å². The first-order chi connectivity index (χ1) is 15.2. The van der Waals surface area contributed by atoms with E-state index in [0.717, 1.165) is 18.3 Å². The topological polar surface area (TPSA) is 122 Å². The van der Waals surface area contributed by atoms with E-state index in [9.17, 15) is 33.2 Å². The van der Waals surface area contributed by atoms with Crippen LogP contribution in [-0.2, 0) is 17.8 Å². The van der Waals surface area contributed by atoms with Crippen LogP contribution in [0.5, 0.6) is 5.75 Å². The number of ether oxygens (including phenoxy) is 1. The number of halogens is 2. The fourth-order valence-electron chi connectivity index (χ4n) is 3.90. The second-order valence-corrected chi connectivity index (χ2v) is 7.58. The standard InChI is InChI=1S/C20H18F2N4O6/c1-10-4-5-32-15-9-24-8-13(17(27)18(28)16(24)20(30)26(10)15)19(29)25(23-31)7-11-2-3-12(21)6-14(11)22/h2-3,6,8,10,15,28H,4-5,7,9H2,1H3/t10-,15+/m1/s1. The SMILES string of the molecule is C[C@@H]1CCO[C@H]2Cn3cc(C(=O)N(Cc4ccc(F)cc4F)N=O)c(=O)c(O)c3C(=O)N12. The molecule has 0 aliphatic carbocycles. The van der Waals surface area contributed by atoms with Crippen LogP contribution in [0, 0.1) is 16.5 Å². The Hall–Kier alpha value is -3.67. The molecule has 2 aliphatic rings. The lowest BCUT2D eigenvalue weighted by atomic mass is 10.1. The average Bonchev–Trinajstić information content (AvgIpc) is 2.75. The number of hydrogen-bond acceptors (Lipinski definition) is 7. The first-order valence-corrected chi connectivity index (χ1v) is 9.72. The lowest BCUT2D eigenvalue weighted by Crippen LogP contribution is -2.57. The summed E-state index contributed by atoms with van der Waals surface area (Å²) >= 11 is 0. The molecule has 0 bridgehead atoms. The summed E-state index contributed by atoms with van der Waals surface area (Å²) in [7, 11) is 0. The van der Waals surface area contributed by atoms with Crippen LogP contribution >= 0.6 is 0 Å². The second-order valence-electron chi connectivity index (χ2n) is 7.58. The Morgan fingerprint density at radius 1 is 1.34 bits per heavy atom. The van der Waals surface area contributed by atoms with Gasteiger partial charge in [-0.3, -0.25) is 14.4 Å². The molecule has 0 spiro atoms. The highest BCUT2D eigenvalue weighted by atomic mass is 19.1. The molecule has 32 heavy (non-hydrogen) atoms. The highest BCUT2D eigenvalue weighted by molar-refractivity contribution is 5.99. The zero-order chi connectivity index (χ0) is 23.2. The predicted octanol–water partition coefficient (Wildman–Crippen LogP) is 1.75. The normalized spacial score (nSPS) is 19.8. The van der Waals surface area contributed by atoms with Crippen molar-refractivity contribution in [3.05, 3.63) is 68.0 Å². The van der Waals surface area contributed by atoms with Gasteiger partial charge in [-0.05, 0) is 19.4 Å². The van der Waals surface area contributed by atoms with Gasteiger partial charge >= 0.3 is 0 Å². The molecular weight excluding hydrogens is 430 g/mol. The lowest BCUT2D eigenvalue weighted by molar-refractivity contribution is -0.112. The fraction of sp³-hybridized carbons (Fsp3) is 0.350. The van der Waals surface area contributed by atoms with E-state index in [2.05, 4.69) is 5.29 Å². The van der Waals surface area contributed by atoms with E-state index in [0.29, 0.717) is 19.1 Å². The van der Waals surface area contributed by atoms with Gasteiger partial charge in [0.1, 0.15) is 17.2 Å². The number of pyridine rings is 1. The Morgan fingerprint density at radius 2 is 2.09 bits per heavy atom. The monoisotopic (exact) mass is 448 g/mol. The van der Waals surface area contributed by atoms with Crippen molar-refractivity contribution in [2.24, 2.45) is 5.29 Å². The number of amides is 2. The Morgan fingerprint density at radius 3 is 2.78 bits per heavy atom. The van der Waals surface area contributed by atoms with E-state index in [1.807, 2.05) is 6.92 Å². The van der Waals surface area contributed by atoms with E-state index in [4.69, 9.17) is 4.74 Å². The van der Waals surface area contributed by atoms with Crippen LogP contribution in [0.15, 0.2) is 34.5 Å². The third kappa shape index (κ3) is 3.51. The summed E-state index contributed by atoms with van der Waals surface area (Å²) in [5, 5.41) is 13.2. The molecule has 10 nitrogen and oxygen atoms in total. The van der Waals surface area contributed by atoms with Gasteiger partial charge in [-0.15, -0.1) is 4.91 Å². The second kappa shape index (κ2) is 8.11. The van der Waals surface area contributed by atoms with Gasteiger partial charge in [-0.25, -0.2) is 8.78 Å². The number of hydrogen-bond donors (Lipinski definition) is 1. The van der Waals surface area contributed by atoms with Crippen molar-refractivity contribution in [3.8, 4) is 5.75 Å². The number of rotatable bonds is 4. The number of fused-ring (bicyclic) bond motifs is 2. The van der Waals surface area contributed by atoms with Gasteiger partial charge in [0.15, 0.2) is 17.7 Å². The zero-order valence-electron chi connectivity index (χ0n) is 16.8. The molecule has 0 radical (unpaired) electrons. The summed E-state index contributed by atoms with van der Waals surface area (Å²) in [5.74, 6) is -4.64. The molecule has 2 aliphatic heterocycles. The average molecular weight is 448 g/mol. The van der Waals surface area contributed by atoms with Gasteiger partial charge in [0.05, 0.1) is 25.0 Å². The highest BCUT2D eigenvalue weighted by Crippen LogP contribution is 2.29. The molecule has 1 saturated heterocycles. The first-order valence-electron chi connectivity index (χ1n) is 9.72. The molecule has 1 fully saturated rings. The predicted molar refractivity (Wildman–Crippen MR) is 104 cm³/mol. The number of aromatic nitrogens is 1. The van der Waals surface area contributed by atoms with Crippen LogP contribution in [0.3, 0.4) is 0 Å². The third-order valence-electron chi connectivity index (χ3n) is 5.58. The summed E-state index contributed by atoms with van der Waals surface area (Å²) in [4.78, 5) is 51.1. The number of carbonyl (C=O) groups excluding carboxylic acids is 2. The van der Waals surface area contributed by atoms with E-state index >= 15 is 0 Å². The fourth-order valence-corrected chi connectivity index (χ4v) is 3.90. The summed E-state index contributed by atoms with van der Waals surface area (Å²) in [6, 6.07) is 2.37. The largest absolute Gasteiger partial charge is 0.503 e. The quantitative estimate of drug-likeness (QED) is 0.562. The molecule has 168 valence electrons. The molecule has 2 aromatic rings. The van der Waals surface area contributed by atoms with Gasteiger partial charge in [0.2, 0.25) is 5.43 Å². The lowest BCUT2D eigenvalue weighted by Gasteiger charge is -2.44. The maximum Gasteiger partial charge on any atom is 0.282 e. The first kappa shape index (κ1) is 21.6. The summed E-state index contributed by atoms with van der Waals surface area (Å²) < 4.78 is 33.9. The van der Waals surface area contributed by atoms with Crippen LogP contribution in [0.2, 0.25) is 0 Å². The molecule has 12 heteroatoms. The summed E-state index contributed by atoms with van der Waals surface area (Å²) in [6.07, 6.45) is 0.970. The summed E-state index contributed by atoms with van der Waals surface area (Å²) in [5.41, 5.74) is -2.32. The zero-order valence-corrected chi connectivity index (χ0v) is 16.8. The minimum atomic E-state index is -1.22. The minimum Gasteiger partial charge on any atom is -0.503 e. The molecule has 2 atom stereocenters. The number of nitrogens with zero attached hydrogens (tertiary/aromatic N) is 4. The molecule has 3 heterocycles. The number of aromatic hydroxyl groups is 1. The molecule has 0 unspecified atom stereocenters. The van der Waals surface area contributed by atoms with Gasteiger partial charge in [0, 0.05) is 23.9 Å². The van der Waals surface area contributed by atoms with Crippen molar-refractivity contribution >= 4 is 11.8 Å².